The lowest BCUT2D eigenvalue weighted by molar-refractivity contribution is -0.152. The van der Waals surface area contributed by atoms with Gasteiger partial charge < -0.3 is 23.7 Å². The molecule has 0 aliphatic carbocycles. The van der Waals surface area contributed by atoms with Crippen molar-refractivity contribution in [2.24, 2.45) is 5.92 Å². The molecule has 0 spiro atoms. The molecule has 274 valence electrons. The van der Waals surface area contributed by atoms with E-state index < -0.39 is 47.4 Å². The highest BCUT2D eigenvalue weighted by Gasteiger charge is 2.57. The molecular formula is C41H40NO9PS. The summed E-state index contributed by atoms with van der Waals surface area (Å²) in [5.74, 6) is -1.28. The van der Waals surface area contributed by atoms with Gasteiger partial charge in [-0.05, 0) is 47.1 Å². The molecule has 0 aromatic heterocycles. The average Bonchev–Trinajstić information content (AvgIpc) is 3.19. The van der Waals surface area contributed by atoms with Crippen LogP contribution in [-0.4, -0.2) is 71.9 Å². The van der Waals surface area contributed by atoms with E-state index in [4.69, 9.17) is 23.7 Å². The zero-order valence-electron chi connectivity index (χ0n) is 29.4. The fourth-order valence-corrected chi connectivity index (χ4v) is 11.6. The van der Waals surface area contributed by atoms with Crippen LogP contribution in [0.4, 0.5) is 4.79 Å². The number of β-lactam (4-membered cyclic amide) rings is 1. The van der Waals surface area contributed by atoms with Crippen LogP contribution in [0.1, 0.15) is 6.92 Å². The van der Waals surface area contributed by atoms with Gasteiger partial charge in [0.1, 0.15) is 47.5 Å². The molecule has 12 heteroatoms. The molecule has 1 aliphatic rings. The third-order valence-electron chi connectivity index (χ3n) is 8.35. The lowest BCUT2D eigenvalue weighted by Crippen LogP contribution is -2.67. The van der Waals surface area contributed by atoms with Gasteiger partial charge >= 0.3 is 12.1 Å². The Bertz CT molecular complexity index is 1870. The van der Waals surface area contributed by atoms with Crippen molar-refractivity contribution >= 4 is 63.1 Å². The zero-order valence-corrected chi connectivity index (χ0v) is 31.1. The van der Waals surface area contributed by atoms with Crippen molar-refractivity contribution in [1.82, 2.24) is 4.90 Å². The van der Waals surface area contributed by atoms with Crippen LogP contribution >= 0.6 is 18.6 Å². The molecule has 5 rings (SSSR count). The first kappa shape index (κ1) is 38.7. The van der Waals surface area contributed by atoms with Crippen molar-refractivity contribution in [1.29, 1.82) is 0 Å². The highest BCUT2D eigenvalue weighted by Crippen LogP contribution is 2.51. The number of amides is 1. The number of methoxy groups -OCH3 is 1. The minimum atomic E-state index is -3.27. The molecule has 4 aromatic carbocycles. The van der Waals surface area contributed by atoms with Gasteiger partial charge in [0, 0.05) is 6.89 Å². The fraction of sp³-hybridized carbons (Fsp3) is 0.195. The quantitative estimate of drug-likeness (QED) is 0.0611. The van der Waals surface area contributed by atoms with Crippen molar-refractivity contribution in [3.8, 4) is 11.5 Å². The maximum absolute atomic E-state index is 14.7. The summed E-state index contributed by atoms with van der Waals surface area (Å²) in [6, 6.07) is 35.2. The molecule has 1 heterocycles. The van der Waals surface area contributed by atoms with E-state index in [1.54, 1.807) is 38.3 Å². The Balaban J connectivity index is 1.71. The Hall–Kier alpha value is -5.51. The number of carbonyl (C=O) groups is 4. The Morgan fingerprint density at radius 3 is 1.75 bits per heavy atom. The van der Waals surface area contributed by atoms with Crippen LogP contribution < -0.4 is 25.4 Å². The van der Waals surface area contributed by atoms with E-state index in [1.165, 1.54) is 17.1 Å². The molecule has 1 amide bonds. The third kappa shape index (κ3) is 8.59. The maximum atomic E-state index is 14.7. The number of rotatable bonds is 16. The SMILES string of the molecule is C=CCOC(=O)O[C@H](C)[C@H]1C(=O)N(C(C(=O)OCC=C)=P(c2ccccc2)(c2ccccc2)c2ccccc2)[C@@H]1SC(=O)COc1ccc(OC)cc1. The fourth-order valence-electron chi connectivity index (χ4n) is 6.00. The van der Waals surface area contributed by atoms with Gasteiger partial charge in [-0.3, -0.25) is 14.5 Å². The predicted octanol–water partition coefficient (Wildman–Crippen LogP) is 5.70. The van der Waals surface area contributed by atoms with Crippen LogP contribution in [0.15, 0.2) is 141 Å². The highest BCUT2D eigenvalue weighted by atomic mass is 32.2. The van der Waals surface area contributed by atoms with Crippen LogP contribution in [0.25, 0.3) is 0 Å². The Kier molecular flexibility index (Phi) is 13.4. The Morgan fingerprint density at radius 2 is 1.26 bits per heavy atom. The molecule has 1 fully saturated rings. The van der Waals surface area contributed by atoms with Gasteiger partial charge in [-0.1, -0.05) is 128 Å². The van der Waals surface area contributed by atoms with Gasteiger partial charge in [0.2, 0.25) is 11.0 Å². The molecule has 1 saturated heterocycles. The molecule has 0 bridgehead atoms. The summed E-state index contributed by atoms with van der Waals surface area (Å²) < 4.78 is 27.4. The summed E-state index contributed by atoms with van der Waals surface area (Å²) in [6.45, 7) is 4.96. The Labute approximate surface area is 313 Å². The van der Waals surface area contributed by atoms with Crippen LogP contribution in [0.5, 0.6) is 11.5 Å². The van der Waals surface area contributed by atoms with Gasteiger partial charge in [0.15, 0.2) is 6.61 Å². The first-order chi connectivity index (χ1) is 25.8. The van der Waals surface area contributed by atoms with Crippen molar-refractivity contribution in [3.05, 3.63) is 141 Å². The lowest BCUT2D eigenvalue weighted by atomic mass is 9.92. The van der Waals surface area contributed by atoms with Crippen LogP contribution in [-0.2, 0) is 28.6 Å². The monoisotopic (exact) mass is 753 g/mol. The number of benzene rings is 4. The largest absolute Gasteiger partial charge is 0.508 e. The van der Waals surface area contributed by atoms with Gasteiger partial charge in [-0.2, -0.15) is 0 Å². The summed E-state index contributed by atoms with van der Waals surface area (Å²) in [6.07, 6.45) is 0.780. The normalized spacial score (nSPS) is 15.6. The van der Waals surface area contributed by atoms with Gasteiger partial charge in [0.25, 0.3) is 0 Å². The predicted molar refractivity (Wildman–Crippen MR) is 209 cm³/mol. The van der Waals surface area contributed by atoms with Crippen molar-refractivity contribution in [3.63, 3.8) is 0 Å². The second-order valence-electron chi connectivity index (χ2n) is 11.6. The summed E-state index contributed by atoms with van der Waals surface area (Å²) in [5.41, 5.74) is 0.0620. The van der Waals surface area contributed by atoms with E-state index in [0.29, 0.717) is 11.5 Å². The highest BCUT2D eigenvalue weighted by molar-refractivity contribution is 8.14. The number of thioether (sulfide) groups is 1. The van der Waals surface area contributed by atoms with Crippen LogP contribution in [0.3, 0.4) is 0 Å². The first-order valence-corrected chi connectivity index (χ1v) is 19.4. The molecular weight excluding hydrogens is 713 g/mol. The van der Waals surface area contributed by atoms with Gasteiger partial charge in [-0.15, -0.1) is 0 Å². The maximum Gasteiger partial charge on any atom is 0.508 e. The van der Waals surface area contributed by atoms with Crippen LogP contribution in [0.2, 0.25) is 0 Å². The summed E-state index contributed by atoms with van der Waals surface area (Å²) in [7, 11) is 1.55. The van der Waals surface area contributed by atoms with Crippen molar-refractivity contribution in [2.75, 3.05) is 26.9 Å². The van der Waals surface area contributed by atoms with E-state index in [0.717, 1.165) is 27.7 Å². The Morgan fingerprint density at radius 1 is 0.774 bits per heavy atom. The van der Waals surface area contributed by atoms with Gasteiger partial charge in [-0.25, -0.2) is 9.59 Å². The third-order valence-corrected chi connectivity index (χ3v) is 13.7. The van der Waals surface area contributed by atoms with Gasteiger partial charge in [0.05, 0.1) is 7.11 Å². The van der Waals surface area contributed by atoms with Crippen molar-refractivity contribution in [2.45, 2.75) is 18.4 Å². The molecule has 0 unspecified atom stereocenters. The molecule has 10 nitrogen and oxygen atoms in total. The summed E-state index contributed by atoms with van der Waals surface area (Å²) in [4.78, 5) is 57.0. The number of hydrogen-bond donors (Lipinski definition) is 0. The van der Waals surface area contributed by atoms with E-state index in [9.17, 15) is 19.2 Å². The number of esters is 1. The van der Waals surface area contributed by atoms with E-state index in [1.807, 2.05) is 91.0 Å². The van der Waals surface area contributed by atoms with Crippen LogP contribution in [0, 0.1) is 5.92 Å². The van der Waals surface area contributed by atoms with E-state index in [2.05, 4.69) is 13.2 Å². The molecule has 0 N–H and O–H groups in total. The second-order valence-corrected chi connectivity index (χ2v) is 16.1. The number of carbonyl (C=O) groups excluding carboxylic acids is 4. The molecule has 3 atom stereocenters. The number of ether oxygens (including phenoxy) is 5. The number of nitrogens with zero attached hydrogens (tertiary/aromatic N) is 1. The minimum Gasteiger partial charge on any atom is -0.497 e. The molecule has 53 heavy (non-hydrogen) atoms. The number of likely N-dealkylation sites (tertiary alicyclic amines) is 1. The molecule has 0 radical (unpaired) electrons. The second kappa shape index (κ2) is 18.3. The summed E-state index contributed by atoms with van der Waals surface area (Å²) in [5, 5.41) is 0.869. The lowest BCUT2D eigenvalue weighted by Gasteiger charge is -2.50. The van der Waals surface area contributed by atoms with E-state index in [-0.39, 0.29) is 25.2 Å². The van der Waals surface area contributed by atoms with Crippen molar-refractivity contribution < 1.29 is 42.9 Å². The smallest absolute Gasteiger partial charge is 0.497 e. The summed E-state index contributed by atoms with van der Waals surface area (Å²) >= 11 is 0.815. The number of hydrogen-bond acceptors (Lipinski definition) is 10. The standard InChI is InChI=1S/C41H40NO9PS/c1-5-26-48-40(45)38(52(32-16-10-7-11-17-32,33-18-12-8-13-19-33)34-20-14-9-15-21-34)42-37(44)36(29(3)51-41(46)49-27-6-2)39(42)53-35(43)28-50-31-24-22-30(47-4)23-25-31/h5-25,29,36,39H,1-2,26-28H2,3-4H3/t29-,36+,39-/m1/s1. The average molecular weight is 754 g/mol. The first-order valence-electron chi connectivity index (χ1n) is 16.7. The minimum absolute atomic E-state index is 0.0620. The molecule has 1 aliphatic heterocycles. The molecule has 4 aromatic rings. The van der Waals surface area contributed by atoms with E-state index >= 15 is 0 Å². The topological polar surface area (TPSA) is 118 Å². The zero-order chi connectivity index (χ0) is 37.8. The molecule has 0 saturated carbocycles.